The van der Waals surface area contributed by atoms with Crippen LogP contribution in [0, 0.1) is 11.3 Å². The van der Waals surface area contributed by atoms with Crippen LogP contribution in [-0.4, -0.2) is 15.0 Å². The van der Waals surface area contributed by atoms with E-state index in [4.69, 9.17) is 15.0 Å². The van der Waals surface area contributed by atoms with E-state index in [0.29, 0.717) is 23.0 Å². The van der Waals surface area contributed by atoms with E-state index in [2.05, 4.69) is 146 Å². The average molecular weight is 761 g/mol. The van der Waals surface area contributed by atoms with Crippen LogP contribution in [0.2, 0.25) is 0 Å². The second-order valence-electron chi connectivity index (χ2n) is 15.4. The molecule has 0 aliphatic heterocycles. The third kappa shape index (κ3) is 5.20. The maximum Gasteiger partial charge on any atom is 0.165 e. The monoisotopic (exact) mass is 760 g/mol. The summed E-state index contributed by atoms with van der Waals surface area (Å²) in [6.45, 7) is 0. The number of hydrogen-bond donors (Lipinski definition) is 0. The molecular weight excluding hydrogens is 729 g/mol. The van der Waals surface area contributed by atoms with Crippen LogP contribution in [0.3, 0.4) is 0 Å². The number of nitrogens with zero attached hydrogens (tertiary/aromatic N) is 4. The molecule has 10 aromatic carbocycles. The summed E-state index contributed by atoms with van der Waals surface area (Å²) in [5.41, 5.74) is 13.1. The largest absolute Gasteiger partial charge is 0.208 e. The molecule has 1 aliphatic rings. The summed E-state index contributed by atoms with van der Waals surface area (Å²) in [7, 11) is 0. The normalized spacial score (nSPS) is 11.7. The highest BCUT2D eigenvalue weighted by Gasteiger charge is 2.27. The summed E-state index contributed by atoms with van der Waals surface area (Å²) in [5, 5.41) is 18.8. The first-order valence-corrected chi connectivity index (χ1v) is 20.2. The van der Waals surface area contributed by atoms with Crippen molar-refractivity contribution in [2.24, 2.45) is 0 Å². The van der Waals surface area contributed by atoms with E-state index in [1.807, 2.05) is 54.6 Å². The predicted molar refractivity (Wildman–Crippen MR) is 246 cm³/mol. The molecule has 0 saturated heterocycles. The van der Waals surface area contributed by atoms with Crippen molar-refractivity contribution in [1.29, 1.82) is 5.26 Å². The molecule has 0 unspecified atom stereocenters. The summed E-state index contributed by atoms with van der Waals surface area (Å²) in [6, 6.07) is 70.6. The highest BCUT2D eigenvalue weighted by molar-refractivity contribution is 6.28. The van der Waals surface area contributed by atoms with Gasteiger partial charge in [-0.15, -0.1) is 0 Å². The van der Waals surface area contributed by atoms with E-state index in [1.165, 1.54) is 38.6 Å². The molecular formula is C56H32N4. The third-order valence-electron chi connectivity index (χ3n) is 12.1. The number of rotatable bonds is 5. The van der Waals surface area contributed by atoms with Gasteiger partial charge in [0.25, 0.3) is 0 Å². The molecule has 0 amide bonds. The lowest BCUT2D eigenvalue weighted by molar-refractivity contribution is 1.08. The van der Waals surface area contributed by atoms with Crippen molar-refractivity contribution >= 4 is 43.1 Å². The average Bonchev–Trinajstić information content (AvgIpc) is 3.65. The van der Waals surface area contributed by atoms with Crippen LogP contribution in [-0.2, 0) is 0 Å². The van der Waals surface area contributed by atoms with Crippen LogP contribution in [0.1, 0.15) is 5.56 Å². The van der Waals surface area contributed by atoms with E-state index in [-0.39, 0.29) is 0 Å². The van der Waals surface area contributed by atoms with Gasteiger partial charge in [0, 0.05) is 16.7 Å². The predicted octanol–water partition coefficient (Wildman–Crippen LogP) is 14.3. The fraction of sp³-hybridized carbons (Fsp3) is 0. The summed E-state index contributed by atoms with van der Waals surface area (Å²) in [6.07, 6.45) is 0. The first kappa shape index (κ1) is 33.8. The number of benzene rings is 10. The Morgan fingerprint density at radius 1 is 0.317 bits per heavy atom. The van der Waals surface area contributed by atoms with Crippen molar-refractivity contribution < 1.29 is 0 Å². The molecule has 0 saturated carbocycles. The summed E-state index contributed by atoms with van der Waals surface area (Å²) >= 11 is 0. The second kappa shape index (κ2) is 13.4. The van der Waals surface area contributed by atoms with E-state index < -0.39 is 0 Å². The van der Waals surface area contributed by atoms with Crippen molar-refractivity contribution in [3.05, 3.63) is 200 Å². The summed E-state index contributed by atoms with van der Waals surface area (Å²) in [5.74, 6) is 1.89. The van der Waals surface area contributed by atoms with Crippen LogP contribution in [0.4, 0.5) is 0 Å². The Morgan fingerprint density at radius 2 is 0.783 bits per heavy atom. The molecule has 1 heterocycles. The smallest absolute Gasteiger partial charge is 0.165 e. The zero-order valence-electron chi connectivity index (χ0n) is 32.3. The molecule has 4 heteroatoms. The zero-order valence-corrected chi connectivity index (χ0v) is 32.3. The standard InChI is InChI=1S/C56H32N4/c57-33-34-23-24-35-25-26-38(32-39(35)31-34)40-27-28-47-41-17-7-8-18-42(41)48-29-30-49(51(40)52(47)48)50-43-19-9-11-21-45(43)53(46-22-12-10-20-44(46)50)56-59-54(36-13-3-1-4-14-36)58-55(60-56)37-15-5-2-6-16-37/h1-32H. The highest BCUT2D eigenvalue weighted by Crippen LogP contribution is 2.54. The van der Waals surface area contributed by atoms with Crippen molar-refractivity contribution in [1.82, 2.24) is 15.0 Å². The molecule has 11 aromatic rings. The number of hydrogen-bond acceptors (Lipinski definition) is 4. The van der Waals surface area contributed by atoms with Gasteiger partial charge in [0.1, 0.15) is 0 Å². The molecule has 1 aromatic heterocycles. The van der Waals surface area contributed by atoms with Gasteiger partial charge in [0.05, 0.1) is 11.6 Å². The van der Waals surface area contributed by atoms with Gasteiger partial charge in [0.15, 0.2) is 17.5 Å². The Bertz CT molecular complexity index is 3460. The molecule has 0 spiro atoms. The quantitative estimate of drug-likeness (QED) is 0.164. The first-order valence-electron chi connectivity index (χ1n) is 20.2. The highest BCUT2D eigenvalue weighted by atomic mass is 15.0. The maximum absolute atomic E-state index is 9.78. The molecule has 0 bridgehead atoms. The van der Waals surface area contributed by atoms with Crippen LogP contribution in [0.15, 0.2) is 194 Å². The van der Waals surface area contributed by atoms with Gasteiger partial charge < -0.3 is 0 Å². The second-order valence-corrected chi connectivity index (χ2v) is 15.4. The molecule has 0 atom stereocenters. The van der Waals surface area contributed by atoms with Crippen LogP contribution in [0.25, 0.3) is 122 Å². The minimum absolute atomic E-state index is 0.630. The number of nitriles is 1. The van der Waals surface area contributed by atoms with Crippen LogP contribution >= 0.6 is 0 Å². The van der Waals surface area contributed by atoms with Crippen molar-refractivity contribution in [2.45, 2.75) is 0 Å². The maximum atomic E-state index is 9.78. The van der Waals surface area contributed by atoms with Gasteiger partial charge in [-0.25, -0.2) is 15.0 Å². The molecule has 60 heavy (non-hydrogen) atoms. The lowest BCUT2D eigenvalue weighted by Gasteiger charge is -2.20. The van der Waals surface area contributed by atoms with Gasteiger partial charge in [-0.05, 0) is 106 Å². The molecule has 0 radical (unpaired) electrons. The number of fused-ring (bicyclic) bond motifs is 6. The van der Waals surface area contributed by atoms with E-state index in [1.54, 1.807) is 0 Å². The van der Waals surface area contributed by atoms with Crippen LogP contribution in [0.5, 0.6) is 0 Å². The summed E-state index contributed by atoms with van der Waals surface area (Å²) < 4.78 is 0. The topological polar surface area (TPSA) is 62.5 Å². The molecule has 276 valence electrons. The lowest BCUT2D eigenvalue weighted by atomic mass is 9.83. The Balaban J connectivity index is 1.19. The Labute approximate surface area is 346 Å². The SMILES string of the molecule is N#Cc1ccc2ccc(-c3ccc4c5c(ccc(-c6c7ccccc7c(-c7nc(-c8ccccc8)nc(-c8ccccc8)n7)c7ccccc67)c35)-c3ccccc3-4)cc2c1. The Hall–Kier alpha value is -8.26. The van der Waals surface area contributed by atoms with E-state index in [9.17, 15) is 5.26 Å². The molecule has 1 aliphatic carbocycles. The minimum Gasteiger partial charge on any atom is -0.208 e. The zero-order chi connectivity index (χ0) is 39.7. The van der Waals surface area contributed by atoms with E-state index in [0.717, 1.165) is 65.7 Å². The number of aromatic nitrogens is 3. The van der Waals surface area contributed by atoms with Gasteiger partial charge in [-0.2, -0.15) is 5.26 Å². The van der Waals surface area contributed by atoms with Gasteiger partial charge in [0.2, 0.25) is 0 Å². The lowest BCUT2D eigenvalue weighted by Crippen LogP contribution is -2.01. The minimum atomic E-state index is 0.630. The molecule has 0 N–H and O–H groups in total. The van der Waals surface area contributed by atoms with Crippen molar-refractivity contribution in [3.8, 4) is 84.7 Å². The summed E-state index contributed by atoms with van der Waals surface area (Å²) in [4.78, 5) is 15.5. The van der Waals surface area contributed by atoms with Gasteiger partial charge in [-0.1, -0.05) is 176 Å². The van der Waals surface area contributed by atoms with Crippen molar-refractivity contribution in [2.75, 3.05) is 0 Å². The molecule has 4 nitrogen and oxygen atoms in total. The fourth-order valence-electron chi connectivity index (χ4n) is 9.41. The van der Waals surface area contributed by atoms with Gasteiger partial charge >= 0.3 is 0 Å². The van der Waals surface area contributed by atoms with Crippen LogP contribution < -0.4 is 0 Å². The Morgan fingerprint density at radius 3 is 1.37 bits per heavy atom. The molecule has 0 fully saturated rings. The third-order valence-corrected chi connectivity index (χ3v) is 12.1. The molecule has 12 rings (SSSR count). The van der Waals surface area contributed by atoms with E-state index >= 15 is 0 Å². The van der Waals surface area contributed by atoms with Gasteiger partial charge in [-0.3, -0.25) is 0 Å². The van der Waals surface area contributed by atoms with Crippen molar-refractivity contribution in [3.63, 3.8) is 0 Å². The fourth-order valence-corrected chi connectivity index (χ4v) is 9.41. The first-order chi connectivity index (χ1) is 29.7. The Kier molecular flexibility index (Phi) is 7.57.